The number of hydrogen-bond donors (Lipinski definition) is 2. The van der Waals surface area contributed by atoms with Crippen molar-refractivity contribution < 1.29 is 4.79 Å². The molecule has 2 fully saturated rings. The van der Waals surface area contributed by atoms with Crippen LogP contribution in [0, 0.1) is 0 Å². The average molecular weight is 245 g/mol. The number of carbonyl (C=O) groups excluding carboxylic acids is 1. The van der Waals surface area contributed by atoms with E-state index in [-0.39, 0.29) is 17.5 Å². The second kappa shape index (κ2) is 4.28. The quantitative estimate of drug-likeness (QED) is 0.782. The lowest BCUT2D eigenvalue weighted by molar-refractivity contribution is -0.124. The minimum atomic E-state index is -0.364. The molecule has 18 heavy (non-hydrogen) atoms. The van der Waals surface area contributed by atoms with E-state index in [1.165, 1.54) is 0 Å². The fourth-order valence-electron chi connectivity index (χ4n) is 3.15. The van der Waals surface area contributed by atoms with Crippen LogP contribution in [0.4, 0.5) is 5.69 Å². The smallest absolute Gasteiger partial charge is 0.247 e. The molecule has 0 aromatic heterocycles. The largest absolute Gasteiger partial charge is 0.339 e. The maximum atomic E-state index is 12.2. The van der Waals surface area contributed by atoms with Crippen molar-refractivity contribution in [2.45, 2.75) is 37.3 Å². The van der Waals surface area contributed by atoms with Crippen molar-refractivity contribution >= 4 is 11.6 Å². The average Bonchev–Trinajstić information content (AvgIpc) is 2.72. The predicted molar refractivity (Wildman–Crippen MR) is 71.1 cm³/mol. The van der Waals surface area contributed by atoms with Gasteiger partial charge in [0.15, 0.2) is 0 Å². The highest BCUT2D eigenvalue weighted by molar-refractivity contribution is 5.93. The zero-order valence-corrected chi connectivity index (χ0v) is 10.4. The van der Waals surface area contributed by atoms with Crippen LogP contribution in [0.3, 0.4) is 0 Å². The monoisotopic (exact) mass is 245 g/mol. The molecule has 1 saturated carbocycles. The number of para-hydroxylation sites is 1. The first kappa shape index (κ1) is 11.5. The molecular weight excluding hydrogens is 226 g/mol. The lowest BCUT2D eigenvalue weighted by atomic mass is 9.78. The van der Waals surface area contributed by atoms with Crippen molar-refractivity contribution in [1.29, 1.82) is 0 Å². The summed E-state index contributed by atoms with van der Waals surface area (Å²) in [6.45, 7) is 0.609. The number of rotatable bonds is 1. The SMILES string of the molecule is NC1CCC2(CC1)C(=O)NCN2c1ccccc1. The van der Waals surface area contributed by atoms with E-state index < -0.39 is 0 Å². The van der Waals surface area contributed by atoms with Gasteiger partial charge >= 0.3 is 0 Å². The highest BCUT2D eigenvalue weighted by Gasteiger charge is 2.49. The Morgan fingerprint density at radius 3 is 2.56 bits per heavy atom. The molecule has 3 N–H and O–H groups in total. The topological polar surface area (TPSA) is 58.4 Å². The van der Waals surface area contributed by atoms with Gasteiger partial charge in [0.25, 0.3) is 0 Å². The highest BCUT2D eigenvalue weighted by atomic mass is 16.2. The summed E-state index contributed by atoms with van der Waals surface area (Å²) in [6.07, 6.45) is 3.57. The molecule has 1 heterocycles. The summed E-state index contributed by atoms with van der Waals surface area (Å²) in [5.41, 5.74) is 6.72. The van der Waals surface area contributed by atoms with Gasteiger partial charge in [0, 0.05) is 11.7 Å². The number of nitrogens with two attached hydrogens (primary N) is 1. The molecule has 1 aromatic rings. The number of amides is 1. The molecule has 1 aromatic carbocycles. The highest BCUT2D eigenvalue weighted by Crippen LogP contribution is 2.38. The summed E-state index contributed by atoms with van der Waals surface area (Å²) >= 11 is 0. The van der Waals surface area contributed by atoms with Crippen molar-refractivity contribution in [2.75, 3.05) is 11.6 Å². The minimum Gasteiger partial charge on any atom is -0.339 e. The first-order chi connectivity index (χ1) is 8.72. The van der Waals surface area contributed by atoms with E-state index in [2.05, 4.69) is 22.3 Å². The zero-order chi connectivity index (χ0) is 12.6. The second-order valence-electron chi connectivity index (χ2n) is 5.30. The molecule has 1 aliphatic carbocycles. The van der Waals surface area contributed by atoms with E-state index in [4.69, 9.17) is 5.73 Å². The summed E-state index contributed by atoms with van der Waals surface area (Å²) in [5.74, 6) is 0.165. The Morgan fingerprint density at radius 1 is 1.22 bits per heavy atom. The molecule has 1 spiro atoms. The minimum absolute atomic E-state index is 0.165. The molecule has 0 radical (unpaired) electrons. The fraction of sp³-hybridized carbons (Fsp3) is 0.500. The van der Waals surface area contributed by atoms with Gasteiger partial charge in [-0.2, -0.15) is 0 Å². The van der Waals surface area contributed by atoms with Crippen LogP contribution < -0.4 is 16.0 Å². The number of nitrogens with zero attached hydrogens (tertiary/aromatic N) is 1. The van der Waals surface area contributed by atoms with Crippen LogP contribution in [-0.2, 0) is 4.79 Å². The van der Waals surface area contributed by atoms with Gasteiger partial charge in [0.2, 0.25) is 5.91 Å². The third-order valence-electron chi connectivity index (χ3n) is 4.26. The number of nitrogens with one attached hydrogen (secondary N) is 1. The number of carbonyl (C=O) groups is 1. The Balaban J connectivity index is 1.93. The van der Waals surface area contributed by atoms with Gasteiger partial charge in [-0.3, -0.25) is 4.79 Å². The lowest BCUT2D eigenvalue weighted by Gasteiger charge is -2.41. The Morgan fingerprint density at radius 2 is 1.89 bits per heavy atom. The van der Waals surface area contributed by atoms with Gasteiger partial charge in [-0.25, -0.2) is 0 Å². The van der Waals surface area contributed by atoms with Gasteiger partial charge in [0.05, 0.1) is 6.67 Å². The van der Waals surface area contributed by atoms with E-state index >= 15 is 0 Å². The van der Waals surface area contributed by atoms with Crippen molar-refractivity contribution in [1.82, 2.24) is 5.32 Å². The third-order valence-corrected chi connectivity index (χ3v) is 4.26. The van der Waals surface area contributed by atoms with Gasteiger partial charge in [-0.15, -0.1) is 0 Å². The zero-order valence-electron chi connectivity index (χ0n) is 10.4. The normalized spacial score (nSPS) is 31.7. The van der Waals surface area contributed by atoms with Crippen LogP contribution in [0.2, 0.25) is 0 Å². The molecule has 2 aliphatic rings. The lowest BCUT2D eigenvalue weighted by Crippen LogP contribution is -2.53. The maximum Gasteiger partial charge on any atom is 0.247 e. The third kappa shape index (κ3) is 1.68. The number of anilines is 1. The molecule has 1 amide bonds. The molecule has 3 rings (SSSR count). The standard InChI is InChI=1S/C14H19N3O/c15-11-6-8-14(9-7-11)13(18)16-10-17(14)12-4-2-1-3-5-12/h1-5,11H,6-10,15H2,(H,16,18). The molecule has 4 nitrogen and oxygen atoms in total. The second-order valence-corrected chi connectivity index (χ2v) is 5.30. The van der Waals surface area contributed by atoms with Crippen LogP contribution in [-0.4, -0.2) is 24.2 Å². The van der Waals surface area contributed by atoms with Crippen LogP contribution in [0.1, 0.15) is 25.7 Å². The number of hydrogen-bond acceptors (Lipinski definition) is 3. The van der Waals surface area contributed by atoms with Crippen LogP contribution in [0.5, 0.6) is 0 Å². The number of benzene rings is 1. The summed E-state index contributed by atoms with van der Waals surface area (Å²) < 4.78 is 0. The Kier molecular flexibility index (Phi) is 2.74. The van der Waals surface area contributed by atoms with Crippen LogP contribution in [0.15, 0.2) is 30.3 Å². The van der Waals surface area contributed by atoms with E-state index in [0.29, 0.717) is 6.67 Å². The maximum absolute atomic E-state index is 12.2. The van der Waals surface area contributed by atoms with Gasteiger partial charge in [-0.05, 0) is 37.8 Å². The molecule has 1 saturated heterocycles. The van der Waals surface area contributed by atoms with E-state index in [9.17, 15) is 4.79 Å². The summed E-state index contributed by atoms with van der Waals surface area (Å²) in [4.78, 5) is 14.5. The van der Waals surface area contributed by atoms with Crippen molar-refractivity contribution in [3.8, 4) is 0 Å². The molecule has 0 unspecified atom stereocenters. The molecule has 1 aliphatic heterocycles. The Bertz CT molecular complexity index is 438. The predicted octanol–water partition coefficient (Wildman–Crippen LogP) is 1.22. The molecular formula is C14H19N3O. The summed E-state index contributed by atoms with van der Waals surface area (Å²) in [6, 6.07) is 10.4. The van der Waals surface area contributed by atoms with Crippen molar-refractivity contribution in [3.05, 3.63) is 30.3 Å². The van der Waals surface area contributed by atoms with Crippen molar-refractivity contribution in [2.24, 2.45) is 5.73 Å². The van der Waals surface area contributed by atoms with Gasteiger partial charge < -0.3 is 16.0 Å². The van der Waals surface area contributed by atoms with Crippen LogP contribution in [0.25, 0.3) is 0 Å². The molecule has 0 atom stereocenters. The Hall–Kier alpha value is -1.55. The van der Waals surface area contributed by atoms with E-state index in [0.717, 1.165) is 31.4 Å². The van der Waals surface area contributed by atoms with Crippen LogP contribution >= 0.6 is 0 Å². The summed E-state index contributed by atoms with van der Waals surface area (Å²) in [5, 5.41) is 2.99. The van der Waals surface area contributed by atoms with E-state index in [1.54, 1.807) is 0 Å². The first-order valence-corrected chi connectivity index (χ1v) is 6.59. The molecule has 4 heteroatoms. The first-order valence-electron chi connectivity index (χ1n) is 6.59. The van der Waals surface area contributed by atoms with Gasteiger partial charge in [-0.1, -0.05) is 18.2 Å². The summed E-state index contributed by atoms with van der Waals surface area (Å²) in [7, 11) is 0. The fourth-order valence-corrected chi connectivity index (χ4v) is 3.15. The van der Waals surface area contributed by atoms with E-state index in [1.807, 2.05) is 18.2 Å². The molecule has 96 valence electrons. The molecule has 0 bridgehead atoms. The van der Waals surface area contributed by atoms with Crippen molar-refractivity contribution in [3.63, 3.8) is 0 Å². The Labute approximate surface area is 107 Å². The van der Waals surface area contributed by atoms with Gasteiger partial charge in [0.1, 0.15) is 5.54 Å².